The Labute approximate surface area is 149 Å². The number of amides is 1. The number of hydrogen-bond acceptors (Lipinski definition) is 5. The van der Waals surface area contributed by atoms with Gasteiger partial charge in [0.05, 0.1) is 28.8 Å². The zero-order valence-corrected chi connectivity index (χ0v) is 14.4. The van der Waals surface area contributed by atoms with Crippen LogP contribution in [0.5, 0.6) is 0 Å². The minimum absolute atomic E-state index is 0.209. The van der Waals surface area contributed by atoms with Gasteiger partial charge in [0.1, 0.15) is 12.2 Å². The summed E-state index contributed by atoms with van der Waals surface area (Å²) in [5.41, 5.74) is 5.02. The number of aromatic nitrogens is 6. The summed E-state index contributed by atoms with van der Waals surface area (Å²) in [6.45, 7) is 4.23. The van der Waals surface area contributed by atoms with Crippen LogP contribution in [0.3, 0.4) is 0 Å². The van der Waals surface area contributed by atoms with Crippen molar-refractivity contribution in [2.45, 2.75) is 20.4 Å². The van der Waals surface area contributed by atoms with Gasteiger partial charge in [-0.1, -0.05) is 18.2 Å². The highest BCUT2D eigenvalue weighted by atomic mass is 16.1. The lowest BCUT2D eigenvalue weighted by molar-refractivity contribution is 0.0949. The molecule has 0 unspecified atom stereocenters. The van der Waals surface area contributed by atoms with Crippen LogP contribution in [0, 0.1) is 13.8 Å². The van der Waals surface area contributed by atoms with E-state index in [0.717, 1.165) is 22.2 Å². The molecule has 0 aliphatic rings. The van der Waals surface area contributed by atoms with E-state index in [2.05, 4.69) is 30.8 Å². The summed E-state index contributed by atoms with van der Waals surface area (Å²) in [6, 6.07) is 11.4. The molecule has 4 aromatic rings. The summed E-state index contributed by atoms with van der Waals surface area (Å²) in [4.78, 5) is 20.5. The summed E-state index contributed by atoms with van der Waals surface area (Å²) < 4.78 is 1.51. The Hall–Kier alpha value is -3.55. The van der Waals surface area contributed by atoms with Crippen LogP contribution in [0.25, 0.3) is 16.7 Å². The molecule has 0 aliphatic carbocycles. The van der Waals surface area contributed by atoms with Crippen LogP contribution in [0.4, 0.5) is 0 Å². The molecule has 2 N–H and O–H groups in total. The molecule has 0 fully saturated rings. The van der Waals surface area contributed by atoms with Crippen molar-refractivity contribution in [1.29, 1.82) is 0 Å². The molecule has 1 amide bonds. The van der Waals surface area contributed by atoms with Crippen molar-refractivity contribution < 1.29 is 4.79 Å². The number of carbonyl (C=O) groups is 1. The van der Waals surface area contributed by atoms with Gasteiger partial charge in [0, 0.05) is 0 Å². The average Bonchev–Trinajstić information content (AvgIpc) is 3.30. The zero-order chi connectivity index (χ0) is 18.1. The number of imidazole rings is 1. The second-order valence-corrected chi connectivity index (χ2v) is 6.04. The Morgan fingerprint density at radius 3 is 2.81 bits per heavy atom. The number of benzene rings is 2. The summed E-state index contributed by atoms with van der Waals surface area (Å²) in [6.07, 6.45) is 1.48. The van der Waals surface area contributed by atoms with Gasteiger partial charge in [-0.05, 0) is 53.6 Å². The number of nitrogens with one attached hydrogen (secondary N) is 2. The van der Waals surface area contributed by atoms with E-state index >= 15 is 0 Å². The highest BCUT2D eigenvalue weighted by Crippen LogP contribution is 2.21. The molecule has 8 heteroatoms. The summed E-state index contributed by atoms with van der Waals surface area (Å²) >= 11 is 0. The number of aromatic amines is 1. The molecule has 2 aromatic heterocycles. The standard InChI is InChI=1S/C18H17N7O/c1-11-7-8-13(17(12(11)2)25-10-20-23-24-25)18(26)19-9-16-21-14-5-3-4-6-15(14)22-16/h3-8,10H,9H2,1-2H3,(H,19,26)(H,21,22). The highest BCUT2D eigenvalue weighted by molar-refractivity contribution is 5.98. The SMILES string of the molecule is Cc1ccc(C(=O)NCc2nc3ccccc3[nH]2)c(-n2cnnn2)c1C. The number of rotatable bonds is 4. The van der Waals surface area contributed by atoms with E-state index < -0.39 is 0 Å². The lowest BCUT2D eigenvalue weighted by atomic mass is 10.0. The smallest absolute Gasteiger partial charge is 0.253 e. The first-order chi connectivity index (χ1) is 12.6. The van der Waals surface area contributed by atoms with Crippen molar-refractivity contribution in [3.63, 3.8) is 0 Å². The number of nitrogens with zero attached hydrogens (tertiary/aromatic N) is 5. The largest absolute Gasteiger partial charge is 0.345 e. The highest BCUT2D eigenvalue weighted by Gasteiger charge is 2.17. The maximum atomic E-state index is 12.8. The van der Waals surface area contributed by atoms with Crippen LogP contribution >= 0.6 is 0 Å². The molecule has 0 aliphatic heterocycles. The molecular weight excluding hydrogens is 330 g/mol. The first-order valence-electron chi connectivity index (χ1n) is 8.19. The number of aryl methyl sites for hydroxylation is 1. The molecule has 0 saturated heterocycles. The first-order valence-corrected chi connectivity index (χ1v) is 8.19. The average molecular weight is 347 g/mol. The van der Waals surface area contributed by atoms with E-state index in [1.54, 1.807) is 6.07 Å². The fraction of sp³-hybridized carbons (Fsp3) is 0.167. The van der Waals surface area contributed by atoms with Crippen molar-refractivity contribution in [2.24, 2.45) is 0 Å². The third-order valence-electron chi connectivity index (χ3n) is 4.38. The molecule has 2 heterocycles. The number of tetrazole rings is 1. The minimum atomic E-state index is -0.209. The molecular formula is C18H17N7O. The van der Waals surface area contributed by atoms with E-state index in [9.17, 15) is 4.79 Å². The molecule has 8 nitrogen and oxygen atoms in total. The topological polar surface area (TPSA) is 101 Å². The normalized spacial score (nSPS) is 11.0. The first kappa shape index (κ1) is 15.9. The molecule has 4 rings (SSSR count). The lowest BCUT2D eigenvalue weighted by Crippen LogP contribution is -2.25. The van der Waals surface area contributed by atoms with E-state index in [0.29, 0.717) is 23.6 Å². The van der Waals surface area contributed by atoms with E-state index in [4.69, 9.17) is 0 Å². The third kappa shape index (κ3) is 2.81. The van der Waals surface area contributed by atoms with Gasteiger partial charge in [-0.25, -0.2) is 4.98 Å². The van der Waals surface area contributed by atoms with Crippen LogP contribution in [0.15, 0.2) is 42.7 Å². The summed E-state index contributed by atoms with van der Waals surface area (Å²) in [5, 5.41) is 14.2. The monoisotopic (exact) mass is 347 g/mol. The van der Waals surface area contributed by atoms with Crippen LogP contribution < -0.4 is 5.32 Å². The van der Waals surface area contributed by atoms with Gasteiger partial charge in [0.25, 0.3) is 5.91 Å². The van der Waals surface area contributed by atoms with Crippen molar-refractivity contribution in [1.82, 2.24) is 35.5 Å². The van der Waals surface area contributed by atoms with E-state index in [1.165, 1.54) is 11.0 Å². The second-order valence-electron chi connectivity index (χ2n) is 6.04. The second kappa shape index (κ2) is 6.40. The quantitative estimate of drug-likeness (QED) is 0.588. The predicted octanol–water partition coefficient (Wildman–Crippen LogP) is 2.09. The number of fused-ring (bicyclic) bond motifs is 1. The lowest BCUT2D eigenvalue weighted by Gasteiger charge is -2.13. The Bertz CT molecular complexity index is 1050. The fourth-order valence-electron chi connectivity index (χ4n) is 2.89. The van der Waals surface area contributed by atoms with Crippen LogP contribution in [-0.2, 0) is 6.54 Å². The fourth-order valence-corrected chi connectivity index (χ4v) is 2.89. The van der Waals surface area contributed by atoms with E-state index in [-0.39, 0.29) is 5.91 Å². The number of carbonyl (C=O) groups excluding carboxylic acids is 1. The molecule has 0 atom stereocenters. The zero-order valence-electron chi connectivity index (χ0n) is 14.4. The third-order valence-corrected chi connectivity index (χ3v) is 4.38. The number of H-pyrrole nitrogens is 1. The van der Waals surface area contributed by atoms with Gasteiger partial charge in [-0.15, -0.1) is 5.10 Å². The number of para-hydroxylation sites is 2. The Kier molecular flexibility index (Phi) is 3.92. The van der Waals surface area contributed by atoms with E-state index in [1.807, 2.05) is 44.2 Å². The van der Waals surface area contributed by atoms with Crippen molar-refractivity contribution in [3.05, 3.63) is 65.2 Å². The minimum Gasteiger partial charge on any atom is -0.345 e. The van der Waals surface area contributed by atoms with Gasteiger partial charge < -0.3 is 10.3 Å². The molecule has 0 radical (unpaired) electrons. The maximum Gasteiger partial charge on any atom is 0.253 e. The molecule has 26 heavy (non-hydrogen) atoms. The Morgan fingerprint density at radius 2 is 2.04 bits per heavy atom. The van der Waals surface area contributed by atoms with Crippen molar-refractivity contribution in [3.8, 4) is 5.69 Å². The maximum absolute atomic E-state index is 12.8. The van der Waals surface area contributed by atoms with Crippen molar-refractivity contribution in [2.75, 3.05) is 0 Å². The molecule has 2 aromatic carbocycles. The van der Waals surface area contributed by atoms with Gasteiger partial charge in [0.2, 0.25) is 0 Å². The molecule has 0 bridgehead atoms. The van der Waals surface area contributed by atoms with Gasteiger partial charge in [-0.3, -0.25) is 4.79 Å². The Morgan fingerprint density at radius 1 is 1.19 bits per heavy atom. The molecule has 0 spiro atoms. The summed E-state index contributed by atoms with van der Waals surface area (Å²) in [5.74, 6) is 0.492. The number of hydrogen-bond donors (Lipinski definition) is 2. The van der Waals surface area contributed by atoms with Crippen molar-refractivity contribution >= 4 is 16.9 Å². The van der Waals surface area contributed by atoms with Gasteiger partial charge in [0.15, 0.2) is 0 Å². The van der Waals surface area contributed by atoms with Gasteiger partial charge in [-0.2, -0.15) is 4.68 Å². The van der Waals surface area contributed by atoms with Crippen LogP contribution in [0.2, 0.25) is 0 Å². The Balaban J connectivity index is 1.61. The van der Waals surface area contributed by atoms with Gasteiger partial charge >= 0.3 is 0 Å². The predicted molar refractivity (Wildman–Crippen MR) is 95.9 cm³/mol. The van der Waals surface area contributed by atoms with Crippen LogP contribution in [-0.4, -0.2) is 36.1 Å². The molecule has 0 saturated carbocycles. The van der Waals surface area contributed by atoms with Crippen LogP contribution in [0.1, 0.15) is 27.3 Å². The molecule has 130 valence electrons. The summed E-state index contributed by atoms with van der Waals surface area (Å²) in [7, 11) is 0.